The SMILES string of the molecule is CCC1SC(=O)NN=C1c1ccc2c(c1)CCCN2C(=NC(C)C)c1ccc(OC)c(Cl)c1. The van der Waals surface area contributed by atoms with Gasteiger partial charge in [0.1, 0.15) is 11.6 Å². The zero-order valence-electron chi connectivity index (χ0n) is 19.4. The summed E-state index contributed by atoms with van der Waals surface area (Å²) in [7, 11) is 1.62. The number of amidine groups is 1. The Kier molecular flexibility index (Phi) is 7.29. The van der Waals surface area contributed by atoms with Crippen molar-refractivity contribution in [3.63, 3.8) is 0 Å². The fraction of sp³-hybridized carbons (Fsp3) is 0.400. The zero-order chi connectivity index (χ0) is 23.5. The van der Waals surface area contributed by atoms with Gasteiger partial charge in [-0.3, -0.25) is 9.79 Å². The minimum atomic E-state index is -0.0950. The van der Waals surface area contributed by atoms with E-state index in [1.165, 1.54) is 17.3 Å². The van der Waals surface area contributed by atoms with Crippen molar-refractivity contribution in [2.45, 2.75) is 51.3 Å². The Hall–Kier alpha value is -2.51. The molecular formula is C25H29ClN4O2S. The van der Waals surface area contributed by atoms with Gasteiger partial charge in [-0.2, -0.15) is 5.10 Å². The highest BCUT2D eigenvalue weighted by Crippen LogP contribution is 2.33. The van der Waals surface area contributed by atoms with Crippen LogP contribution in [0, 0.1) is 0 Å². The van der Waals surface area contributed by atoms with Crippen LogP contribution in [0.25, 0.3) is 0 Å². The molecule has 0 spiro atoms. The van der Waals surface area contributed by atoms with E-state index in [1.54, 1.807) is 7.11 Å². The smallest absolute Gasteiger partial charge is 0.299 e. The van der Waals surface area contributed by atoms with Crippen molar-refractivity contribution >= 4 is 45.8 Å². The maximum absolute atomic E-state index is 11.8. The van der Waals surface area contributed by atoms with E-state index in [2.05, 4.69) is 54.4 Å². The summed E-state index contributed by atoms with van der Waals surface area (Å²) in [5.41, 5.74) is 7.98. The van der Waals surface area contributed by atoms with E-state index in [9.17, 15) is 4.79 Å². The molecule has 1 N–H and O–H groups in total. The van der Waals surface area contributed by atoms with Crippen molar-refractivity contribution in [3.8, 4) is 5.75 Å². The molecule has 0 aliphatic carbocycles. The Labute approximate surface area is 204 Å². The number of aliphatic imine (C=N–C) groups is 1. The fourth-order valence-corrected chi connectivity index (χ4v) is 5.32. The van der Waals surface area contributed by atoms with Gasteiger partial charge in [-0.25, -0.2) is 5.43 Å². The molecule has 1 unspecified atom stereocenters. The lowest BCUT2D eigenvalue weighted by Gasteiger charge is -2.33. The highest BCUT2D eigenvalue weighted by Gasteiger charge is 2.28. The van der Waals surface area contributed by atoms with E-state index in [4.69, 9.17) is 21.3 Å². The summed E-state index contributed by atoms with van der Waals surface area (Å²) < 4.78 is 5.33. The van der Waals surface area contributed by atoms with Gasteiger partial charge in [0, 0.05) is 23.8 Å². The van der Waals surface area contributed by atoms with Gasteiger partial charge >= 0.3 is 0 Å². The number of fused-ring (bicyclic) bond motifs is 1. The second kappa shape index (κ2) is 10.2. The molecule has 2 aromatic carbocycles. The maximum Gasteiger partial charge on any atom is 0.299 e. The Morgan fingerprint density at radius 3 is 2.85 bits per heavy atom. The first kappa shape index (κ1) is 23.6. The summed E-state index contributed by atoms with van der Waals surface area (Å²) in [5, 5.41) is 4.92. The third-order valence-corrected chi connectivity index (χ3v) is 7.17. The second-order valence-corrected chi connectivity index (χ2v) is 9.99. The second-order valence-electron chi connectivity index (χ2n) is 8.41. The van der Waals surface area contributed by atoms with Crippen LogP contribution in [0.5, 0.6) is 5.75 Å². The van der Waals surface area contributed by atoms with Crippen LogP contribution < -0.4 is 15.1 Å². The van der Waals surface area contributed by atoms with Gasteiger partial charge in [0.05, 0.1) is 23.1 Å². The van der Waals surface area contributed by atoms with Gasteiger partial charge in [0.15, 0.2) is 0 Å². The van der Waals surface area contributed by atoms with Crippen molar-refractivity contribution in [2.24, 2.45) is 10.1 Å². The first-order valence-electron chi connectivity index (χ1n) is 11.3. The summed E-state index contributed by atoms with van der Waals surface area (Å²) in [6, 6.07) is 12.4. The topological polar surface area (TPSA) is 66.3 Å². The first-order valence-corrected chi connectivity index (χ1v) is 12.5. The normalized spacial score (nSPS) is 18.7. The molecule has 8 heteroatoms. The third-order valence-electron chi connectivity index (χ3n) is 5.73. The highest BCUT2D eigenvalue weighted by atomic mass is 35.5. The van der Waals surface area contributed by atoms with E-state index in [0.29, 0.717) is 10.8 Å². The lowest BCUT2D eigenvalue weighted by Crippen LogP contribution is -2.37. The van der Waals surface area contributed by atoms with Crippen LogP contribution in [-0.2, 0) is 6.42 Å². The molecule has 0 radical (unpaired) electrons. The number of benzene rings is 2. The van der Waals surface area contributed by atoms with Crippen LogP contribution in [0.3, 0.4) is 0 Å². The minimum Gasteiger partial charge on any atom is -0.495 e. The third kappa shape index (κ3) is 5.04. The van der Waals surface area contributed by atoms with Gasteiger partial charge in [-0.05, 0) is 74.6 Å². The maximum atomic E-state index is 11.8. The molecule has 2 heterocycles. The Bertz CT molecular complexity index is 1120. The largest absolute Gasteiger partial charge is 0.495 e. The van der Waals surface area contributed by atoms with Gasteiger partial charge in [0.2, 0.25) is 0 Å². The number of aryl methyl sites for hydroxylation is 1. The number of anilines is 1. The average Bonchev–Trinajstić information content (AvgIpc) is 2.81. The van der Waals surface area contributed by atoms with Crippen LogP contribution in [0.1, 0.15) is 50.3 Å². The predicted molar refractivity (Wildman–Crippen MR) is 139 cm³/mol. The van der Waals surface area contributed by atoms with Crippen LogP contribution in [-0.4, -0.2) is 41.7 Å². The number of carbonyl (C=O) groups is 1. The molecule has 33 heavy (non-hydrogen) atoms. The molecule has 174 valence electrons. The predicted octanol–water partition coefficient (Wildman–Crippen LogP) is 5.90. The number of hydrazone groups is 1. The van der Waals surface area contributed by atoms with Gasteiger partial charge < -0.3 is 9.64 Å². The van der Waals surface area contributed by atoms with Crippen molar-refractivity contribution < 1.29 is 9.53 Å². The van der Waals surface area contributed by atoms with Crippen molar-refractivity contribution in [1.82, 2.24) is 5.43 Å². The quantitative estimate of drug-likeness (QED) is 0.424. The molecule has 2 aliphatic heterocycles. The molecule has 1 amide bonds. The molecule has 0 saturated heterocycles. The summed E-state index contributed by atoms with van der Waals surface area (Å²) >= 11 is 7.76. The number of rotatable bonds is 5. The van der Waals surface area contributed by atoms with E-state index >= 15 is 0 Å². The molecule has 4 rings (SSSR count). The number of methoxy groups -OCH3 is 1. The van der Waals surface area contributed by atoms with E-state index < -0.39 is 0 Å². The van der Waals surface area contributed by atoms with E-state index in [0.717, 1.165) is 54.2 Å². The van der Waals surface area contributed by atoms with Crippen molar-refractivity contribution in [2.75, 3.05) is 18.6 Å². The number of carbonyl (C=O) groups excluding carboxylic acids is 1. The minimum absolute atomic E-state index is 0.0657. The van der Waals surface area contributed by atoms with Gasteiger partial charge in [-0.1, -0.05) is 36.4 Å². The summed E-state index contributed by atoms with van der Waals surface area (Å²) in [6.45, 7) is 7.13. The lowest BCUT2D eigenvalue weighted by molar-refractivity contribution is 0.260. The number of thioether (sulfide) groups is 1. The Balaban J connectivity index is 1.73. The zero-order valence-corrected chi connectivity index (χ0v) is 21.0. The Morgan fingerprint density at radius 2 is 2.15 bits per heavy atom. The van der Waals surface area contributed by atoms with Gasteiger partial charge in [0.25, 0.3) is 5.24 Å². The standard InChI is InChI=1S/C25H29ClN4O2S/c1-5-22-23(28-29-25(31)33-22)17-8-10-20-16(13-17)7-6-12-30(20)24(27-15(2)3)18-9-11-21(32-4)19(26)14-18/h8-11,13-15,22H,5-7,12H2,1-4H3,(H,29,31). The van der Waals surface area contributed by atoms with Crippen LogP contribution >= 0.6 is 23.4 Å². The molecule has 0 bridgehead atoms. The molecule has 2 aromatic rings. The summed E-state index contributed by atoms with van der Waals surface area (Å²) in [6.07, 6.45) is 2.86. The number of hydrogen-bond donors (Lipinski definition) is 1. The molecule has 1 atom stereocenters. The summed E-state index contributed by atoms with van der Waals surface area (Å²) in [5.74, 6) is 1.56. The van der Waals surface area contributed by atoms with Crippen LogP contribution in [0.4, 0.5) is 10.5 Å². The number of nitrogens with zero attached hydrogens (tertiary/aromatic N) is 3. The average molecular weight is 485 g/mol. The molecule has 6 nitrogen and oxygen atoms in total. The van der Waals surface area contributed by atoms with Crippen molar-refractivity contribution in [3.05, 3.63) is 58.1 Å². The Morgan fingerprint density at radius 1 is 1.33 bits per heavy atom. The van der Waals surface area contributed by atoms with E-state index in [-0.39, 0.29) is 16.5 Å². The first-order chi connectivity index (χ1) is 15.9. The number of ether oxygens (including phenoxy) is 1. The fourth-order valence-electron chi connectivity index (χ4n) is 4.24. The number of nitrogens with one attached hydrogen (secondary N) is 1. The van der Waals surface area contributed by atoms with Crippen molar-refractivity contribution in [1.29, 1.82) is 0 Å². The molecule has 2 aliphatic rings. The number of amides is 1. The van der Waals surface area contributed by atoms with Gasteiger partial charge in [-0.15, -0.1) is 0 Å². The summed E-state index contributed by atoms with van der Waals surface area (Å²) in [4.78, 5) is 19.0. The molecular weight excluding hydrogens is 456 g/mol. The highest BCUT2D eigenvalue weighted by molar-refractivity contribution is 8.14. The van der Waals surface area contributed by atoms with Crippen LogP contribution in [0.15, 0.2) is 46.5 Å². The molecule has 0 fully saturated rings. The lowest BCUT2D eigenvalue weighted by atomic mass is 9.95. The monoisotopic (exact) mass is 484 g/mol. The van der Waals surface area contributed by atoms with Crippen LogP contribution in [0.2, 0.25) is 5.02 Å². The van der Waals surface area contributed by atoms with E-state index in [1.807, 2.05) is 18.2 Å². The number of hydrogen-bond acceptors (Lipinski definition) is 5. The molecule has 0 aromatic heterocycles. The number of halogens is 1. The molecule has 0 saturated carbocycles.